The molecule has 100 valence electrons. The number of anilines is 1. The number of hydrogen-bond acceptors (Lipinski definition) is 2. The van der Waals surface area contributed by atoms with Crippen molar-refractivity contribution in [2.24, 2.45) is 0 Å². The Morgan fingerprint density at radius 1 is 1.21 bits per heavy atom. The minimum atomic E-state index is -0.269. The molecule has 4 heteroatoms. The van der Waals surface area contributed by atoms with Gasteiger partial charge in [-0.15, -0.1) is 0 Å². The number of methoxy groups -OCH3 is 1. The van der Waals surface area contributed by atoms with E-state index in [2.05, 4.69) is 21.2 Å². The molecule has 0 spiro atoms. The summed E-state index contributed by atoms with van der Waals surface area (Å²) in [5.74, 6) is 0.255. The van der Waals surface area contributed by atoms with Gasteiger partial charge in [-0.2, -0.15) is 0 Å². The molecule has 2 nitrogen and oxygen atoms in total. The molecule has 0 aliphatic rings. The lowest BCUT2D eigenvalue weighted by molar-refractivity contribution is 0.410. The van der Waals surface area contributed by atoms with Crippen molar-refractivity contribution in [2.45, 2.75) is 13.0 Å². The van der Waals surface area contributed by atoms with Gasteiger partial charge in [-0.05, 0) is 31.2 Å². The summed E-state index contributed by atoms with van der Waals surface area (Å²) in [6.07, 6.45) is 0. The lowest BCUT2D eigenvalue weighted by Crippen LogP contribution is -2.08. The van der Waals surface area contributed by atoms with Crippen molar-refractivity contribution in [3.63, 3.8) is 0 Å². The highest BCUT2D eigenvalue weighted by molar-refractivity contribution is 9.10. The summed E-state index contributed by atoms with van der Waals surface area (Å²) in [6.45, 7) is 1.92. The van der Waals surface area contributed by atoms with Crippen LogP contribution in [-0.4, -0.2) is 7.11 Å². The SMILES string of the molecule is COc1ccc(C(C)Nc2cccc(Br)c2)c(F)c1. The van der Waals surface area contributed by atoms with Gasteiger partial charge in [0.05, 0.1) is 13.2 Å². The lowest BCUT2D eigenvalue weighted by Gasteiger charge is -2.17. The normalized spacial score (nSPS) is 12.0. The molecule has 0 aliphatic carbocycles. The van der Waals surface area contributed by atoms with E-state index in [1.165, 1.54) is 13.2 Å². The van der Waals surface area contributed by atoms with Gasteiger partial charge in [0, 0.05) is 21.8 Å². The van der Waals surface area contributed by atoms with E-state index in [1.54, 1.807) is 12.1 Å². The van der Waals surface area contributed by atoms with Gasteiger partial charge in [-0.3, -0.25) is 0 Å². The predicted molar refractivity (Wildman–Crippen MR) is 79.1 cm³/mol. The maximum Gasteiger partial charge on any atom is 0.132 e. The fourth-order valence-electron chi connectivity index (χ4n) is 1.89. The van der Waals surface area contributed by atoms with Gasteiger partial charge in [0.25, 0.3) is 0 Å². The van der Waals surface area contributed by atoms with Crippen LogP contribution in [0.15, 0.2) is 46.9 Å². The highest BCUT2D eigenvalue weighted by Gasteiger charge is 2.11. The van der Waals surface area contributed by atoms with Crippen LogP contribution in [0.5, 0.6) is 5.75 Å². The van der Waals surface area contributed by atoms with E-state index in [0.29, 0.717) is 11.3 Å². The van der Waals surface area contributed by atoms with Gasteiger partial charge >= 0.3 is 0 Å². The quantitative estimate of drug-likeness (QED) is 0.875. The molecule has 0 bridgehead atoms. The highest BCUT2D eigenvalue weighted by Crippen LogP contribution is 2.25. The predicted octanol–water partition coefficient (Wildman–Crippen LogP) is 4.77. The molecular formula is C15H15BrFNO. The summed E-state index contributed by atoms with van der Waals surface area (Å²) >= 11 is 3.41. The molecule has 0 saturated heterocycles. The summed E-state index contributed by atoms with van der Waals surface area (Å²) in [7, 11) is 1.53. The van der Waals surface area contributed by atoms with Crippen molar-refractivity contribution in [2.75, 3.05) is 12.4 Å². The minimum absolute atomic E-state index is 0.125. The third-order valence-electron chi connectivity index (χ3n) is 2.88. The molecule has 1 atom stereocenters. The maximum atomic E-state index is 13.9. The Bertz CT molecular complexity index is 574. The summed E-state index contributed by atoms with van der Waals surface area (Å²) in [5.41, 5.74) is 1.55. The van der Waals surface area contributed by atoms with Crippen LogP contribution in [0.25, 0.3) is 0 Å². The first-order valence-corrected chi connectivity index (χ1v) is 6.75. The third kappa shape index (κ3) is 3.47. The molecule has 2 rings (SSSR count). The molecule has 0 aromatic heterocycles. The van der Waals surface area contributed by atoms with Gasteiger partial charge in [-0.1, -0.05) is 28.1 Å². The fraction of sp³-hybridized carbons (Fsp3) is 0.200. The van der Waals surface area contributed by atoms with Gasteiger partial charge in [0.15, 0.2) is 0 Å². The first-order valence-electron chi connectivity index (χ1n) is 5.95. The summed E-state index contributed by atoms with van der Waals surface area (Å²) in [6, 6.07) is 12.6. The van der Waals surface area contributed by atoms with Crippen LogP contribution < -0.4 is 10.1 Å². The first kappa shape index (κ1) is 13.9. The van der Waals surface area contributed by atoms with Crippen molar-refractivity contribution in [1.82, 2.24) is 0 Å². The van der Waals surface area contributed by atoms with Crippen molar-refractivity contribution in [1.29, 1.82) is 0 Å². The average molecular weight is 324 g/mol. The van der Waals surface area contributed by atoms with Crippen LogP contribution in [0.1, 0.15) is 18.5 Å². The second-order valence-corrected chi connectivity index (χ2v) is 5.18. The summed E-state index contributed by atoms with van der Waals surface area (Å²) < 4.78 is 19.9. The molecular weight excluding hydrogens is 309 g/mol. The fourth-order valence-corrected chi connectivity index (χ4v) is 2.29. The largest absolute Gasteiger partial charge is 0.497 e. The van der Waals surface area contributed by atoms with Crippen molar-refractivity contribution in [3.8, 4) is 5.75 Å². The lowest BCUT2D eigenvalue weighted by atomic mass is 10.1. The van der Waals surface area contributed by atoms with E-state index in [-0.39, 0.29) is 11.9 Å². The Kier molecular flexibility index (Phi) is 4.43. The number of ether oxygens (including phenoxy) is 1. The molecule has 1 unspecified atom stereocenters. The molecule has 2 aromatic rings. The summed E-state index contributed by atoms with van der Waals surface area (Å²) in [4.78, 5) is 0. The number of benzene rings is 2. The standard InChI is InChI=1S/C15H15BrFNO/c1-10(18-12-5-3-4-11(16)8-12)14-7-6-13(19-2)9-15(14)17/h3-10,18H,1-2H3. The number of hydrogen-bond donors (Lipinski definition) is 1. The Morgan fingerprint density at radius 3 is 2.63 bits per heavy atom. The molecule has 1 N–H and O–H groups in total. The molecule has 19 heavy (non-hydrogen) atoms. The van der Waals surface area contributed by atoms with E-state index >= 15 is 0 Å². The summed E-state index contributed by atoms with van der Waals surface area (Å²) in [5, 5.41) is 3.27. The Morgan fingerprint density at radius 2 is 2.00 bits per heavy atom. The smallest absolute Gasteiger partial charge is 0.132 e. The minimum Gasteiger partial charge on any atom is -0.497 e. The van der Waals surface area contributed by atoms with Crippen LogP contribution >= 0.6 is 15.9 Å². The van der Waals surface area contributed by atoms with Gasteiger partial charge < -0.3 is 10.1 Å². The van der Waals surface area contributed by atoms with Crippen LogP contribution in [0, 0.1) is 5.82 Å². The van der Waals surface area contributed by atoms with Crippen molar-refractivity contribution >= 4 is 21.6 Å². The maximum absolute atomic E-state index is 13.9. The van der Waals surface area contributed by atoms with Crippen molar-refractivity contribution < 1.29 is 9.13 Å². The van der Waals surface area contributed by atoms with Gasteiger partial charge in [0.1, 0.15) is 11.6 Å². The topological polar surface area (TPSA) is 21.3 Å². The van der Waals surface area contributed by atoms with E-state index in [9.17, 15) is 4.39 Å². The van der Waals surface area contributed by atoms with Crippen LogP contribution in [0.3, 0.4) is 0 Å². The first-order chi connectivity index (χ1) is 9.10. The van der Waals surface area contributed by atoms with Gasteiger partial charge in [-0.25, -0.2) is 4.39 Å². The molecule has 0 aliphatic heterocycles. The molecule has 0 heterocycles. The van der Waals surface area contributed by atoms with E-state index < -0.39 is 0 Å². The number of nitrogens with one attached hydrogen (secondary N) is 1. The second-order valence-electron chi connectivity index (χ2n) is 4.26. The molecule has 0 fully saturated rings. The number of rotatable bonds is 4. The van der Waals surface area contributed by atoms with E-state index in [0.717, 1.165) is 10.2 Å². The Labute approximate surface area is 120 Å². The zero-order valence-corrected chi connectivity index (χ0v) is 12.4. The van der Waals surface area contributed by atoms with Gasteiger partial charge in [0.2, 0.25) is 0 Å². The third-order valence-corrected chi connectivity index (χ3v) is 3.38. The Balaban J connectivity index is 2.18. The molecule has 0 radical (unpaired) electrons. The van der Waals surface area contributed by atoms with Crippen LogP contribution in [0.2, 0.25) is 0 Å². The van der Waals surface area contributed by atoms with E-state index in [1.807, 2.05) is 31.2 Å². The molecule has 0 amide bonds. The highest BCUT2D eigenvalue weighted by atomic mass is 79.9. The second kappa shape index (κ2) is 6.06. The zero-order valence-electron chi connectivity index (χ0n) is 10.8. The van der Waals surface area contributed by atoms with Crippen molar-refractivity contribution in [3.05, 3.63) is 58.3 Å². The molecule has 2 aromatic carbocycles. The average Bonchev–Trinajstić information content (AvgIpc) is 2.38. The number of halogens is 2. The van der Waals surface area contributed by atoms with E-state index in [4.69, 9.17) is 4.74 Å². The monoisotopic (exact) mass is 323 g/mol. The molecule has 0 saturated carbocycles. The van der Waals surface area contributed by atoms with Crippen LogP contribution in [0.4, 0.5) is 10.1 Å². The zero-order chi connectivity index (χ0) is 13.8. The van der Waals surface area contributed by atoms with Crippen LogP contribution in [-0.2, 0) is 0 Å². The Hall–Kier alpha value is -1.55.